The van der Waals surface area contributed by atoms with Gasteiger partial charge in [0.15, 0.2) is 0 Å². The molecule has 0 unspecified atom stereocenters. The van der Waals surface area contributed by atoms with Crippen LogP contribution >= 0.6 is 0 Å². The van der Waals surface area contributed by atoms with E-state index in [4.69, 9.17) is 0 Å². The van der Waals surface area contributed by atoms with Gasteiger partial charge in [-0.15, -0.1) is 0 Å². The smallest absolute Gasteiger partial charge is 0.274 e. The Morgan fingerprint density at radius 1 is 1.19 bits per heavy atom. The fourth-order valence-corrected chi connectivity index (χ4v) is 2.59. The Morgan fingerprint density at radius 3 is 2.81 bits per heavy atom. The molecule has 0 radical (unpaired) electrons. The highest BCUT2D eigenvalue weighted by Gasteiger charge is 2.27. The van der Waals surface area contributed by atoms with Crippen molar-refractivity contribution in [3.63, 3.8) is 0 Å². The molecule has 0 spiro atoms. The molecule has 6 nitrogen and oxygen atoms in total. The van der Waals surface area contributed by atoms with Gasteiger partial charge in [0.2, 0.25) is 0 Å². The van der Waals surface area contributed by atoms with Crippen LogP contribution in [-0.2, 0) is 0 Å². The maximum absolute atomic E-state index is 12.5. The van der Waals surface area contributed by atoms with Gasteiger partial charge in [-0.3, -0.25) is 19.7 Å². The zero-order valence-electron chi connectivity index (χ0n) is 11.9. The van der Waals surface area contributed by atoms with E-state index in [0.717, 1.165) is 30.8 Å². The lowest BCUT2D eigenvalue weighted by molar-refractivity contribution is 0.0699. The number of nitrogens with zero attached hydrogens (tertiary/aromatic N) is 5. The van der Waals surface area contributed by atoms with Gasteiger partial charge in [-0.1, -0.05) is 0 Å². The highest BCUT2D eigenvalue weighted by atomic mass is 16.2. The van der Waals surface area contributed by atoms with Crippen LogP contribution in [0.5, 0.6) is 0 Å². The highest BCUT2D eigenvalue weighted by molar-refractivity contribution is 5.92. The number of rotatable bonds is 2. The third-order valence-electron chi connectivity index (χ3n) is 3.71. The second-order valence-corrected chi connectivity index (χ2v) is 5.26. The van der Waals surface area contributed by atoms with Crippen LogP contribution in [0, 0.1) is 6.92 Å². The summed E-state index contributed by atoms with van der Waals surface area (Å²) in [4.78, 5) is 31.1. The van der Waals surface area contributed by atoms with Crippen molar-refractivity contribution in [2.45, 2.75) is 25.7 Å². The van der Waals surface area contributed by atoms with E-state index in [0.29, 0.717) is 12.2 Å². The Bertz CT molecular complexity index is 614. The number of carbonyl (C=O) groups is 1. The van der Waals surface area contributed by atoms with Gasteiger partial charge in [0, 0.05) is 43.8 Å². The number of carbonyl (C=O) groups excluding carboxylic acids is 1. The Hall–Kier alpha value is -2.37. The van der Waals surface area contributed by atoms with Crippen molar-refractivity contribution in [2.24, 2.45) is 0 Å². The van der Waals surface area contributed by atoms with Crippen LogP contribution in [0.2, 0.25) is 0 Å². The van der Waals surface area contributed by atoms with Crippen LogP contribution < -0.4 is 0 Å². The fourth-order valence-electron chi connectivity index (χ4n) is 2.59. The zero-order valence-corrected chi connectivity index (χ0v) is 11.9. The van der Waals surface area contributed by atoms with Gasteiger partial charge in [0.1, 0.15) is 5.69 Å². The monoisotopic (exact) mass is 283 g/mol. The molecule has 0 N–H and O–H groups in total. The first-order chi connectivity index (χ1) is 10.2. The summed E-state index contributed by atoms with van der Waals surface area (Å²) < 4.78 is 0. The molecule has 21 heavy (non-hydrogen) atoms. The van der Waals surface area contributed by atoms with E-state index in [1.807, 2.05) is 11.8 Å². The topological polar surface area (TPSA) is 71.9 Å². The molecule has 0 aliphatic carbocycles. The average molecular weight is 283 g/mol. The lowest BCUT2D eigenvalue weighted by Crippen LogP contribution is -2.39. The lowest BCUT2D eigenvalue weighted by atomic mass is 9.95. The molecular formula is C15H17N5O. The second kappa shape index (κ2) is 5.95. The average Bonchev–Trinajstić information content (AvgIpc) is 2.56. The number of piperidine rings is 1. The third kappa shape index (κ3) is 3.04. The van der Waals surface area contributed by atoms with Crippen LogP contribution in [0.15, 0.2) is 31.0 Å². The summed E-state index contributed by atoms with van der Waals surface area (Å²) in [5.41, 5.74) is 2.16. The van der Waals surface area contributed by atoms with Crippen LogP contribution in [0.1, 0.15) is 40.6 Å². The van der Waals surface area contributed by atoms with Crippen molar-refractivity contribution in [1.82, 2.24) is 24.8 Å². The molecule has 0 saturated carbocycles. The molecule has 0 aromatic carbocycles. The highest BCUT2D eigenvalue weighted by Crippen LogP contribution is 2.25. The van der Waals surface area contributed by atoms with Crippen molar-refractivity contribution < 1.29 is 4.79 Å². The number of amides is 1. The minimum atomic E-state index is -0.0592. The molecule has 108 valence electrons. The van der Waals surface area contributed by atoms with E-state index in [1.165, 1.54) is 0 Å². The minimum absolute atomic E-state index is 0.0592. The number of hydrogen-bond acceptors (Lipinski definition) is 5. The largest absolute Gasteiger partial charge is 0.337 e. The van der Waals surface area contributed by atoms with Gasteiger partial charge in [0.05, 0.1) is 17.6 Å². The van der Waals surface area contributed by atoms with Crippen molar-refractivity contribution in [2.75, 3.05) is 13.1 Å². The molecule has 3 heterocycles. The lowest BCUT2D eigenvalue weighted by Gasteiger charge is -2.32. The summed E-state index contributed by atoms with van der Waals surface area (Å²) >= 11 is 0. The fraction of sp³-hybridized carbons (Fsp3) is 0.400. The summed E-state index contributed by atoms with van der Waals surface area (Å²) in [5.74, 6) is 0.186. The van der Waals surface area contributed by atoms with E-state index in [1.54, 1.807) is 31.0 Å². The molecule has 3 rings (SSSR count). The maximum Gasteiger partial charge on any atom is 0.274 e. The second-order valence-electron chi connectivity index (χ2n) is 5.26. The quantitative estimate of drug-likeness (QED) is 0.837. The van der Waals surface area contributed by atoms with E-state index in [9.17, 15) is 4.79 Å². The summed E-state index contributed by atoms with van der Waals surface area (Å²) in [7, 11) is 0. The number of likely N-dealkylation sites (tertiary alicyclic amines) is 1. The van der Waals surface area contributed by atoms with Crippen molar-refractivity contribution in [3.05, 3.63) is 48.1 Å². The SMILES string of the molecule is Cc1cnc(C(=O)N2CCC[C@H](c3cnccn3)C2)cn1. The van der Waals surface area contributed by atoms with Crippen LogP contribution in [-0.4, -0.2) is 43.8 Å². The van der Waals surface area contributed by atoms with Crippen molar-refractivity contribution >= 4 is 5.91 Å². The van der Waals surface area contributed by atoms with E-state index < -0.39 is 0 Å². The van der Waals surface area contributed by atoms with Gasteiger partial charge in [-0.05, 0) is 19.8 Å². The molecule has 1 amide bonds. The molecule has 1 aliphatic rings. The van der Waals surface area contributed by atoms with Crippen LogP contribution in [0.4, 0.5) is 0 Å². The first-order valence-electron chi connectivity index (χ1n) is 7.08. The van der Waals surface area contributed by atoms with E-state index in [-0.39, 0.29) is 11.8 Å². The van der Waals surface area contributed by atoms with Gasteiger partial charge in [-0.25, -0.2) is 4.98 Å². The number of aryl methyl sites for hydroxylation is 1. The molecule has 0 bridgehead atoms. The summed E-state index contributed by atoms with van der Waals surface area (Å²) in [6.45, 7) is 3.27. The number of hydrogen-bond donors (Lipinski definition) is 0. The molecule has 1 fully saturated rings. The van der Waals surface area contributed by atoms with E-state index >= 15 is 0 Å². The standard InChI is InChI=1S/C15H17N5O/c1-11-7-19-14(9-18-11)15(21)20-6-2-3-12(10-20)13-8-16-4-5-17-13/h4-5,7-9,12H,2-3,6,10H2,1H3/t12-/m0/s1. The van der Waals surface area contributed by atoms with Gasteiger partial charge >= 0.3 is 0 Å². The Morgan fingerprint density at radius 2 is 2.10 bits per heavy atom. The summed E-state index contributed by atoms with van der Waals surface area (Å²) in [6.07, 6.45) is 10.3. The zero-order chi connectivity index (χ0) is 14.7. The first-order valence-corrected chi connectivity index (χ1v) is 7.08. The Balaban J connectivity index is 1.74. The molecule has 1 saturated heterocycles. The molecule has 1 aliphatic heterocycles. The molecule has 2 aromatic rings. The van der Waals surface area contributed by atoms with Crippen molar-refractivity contribution in [3.8, 4) is 0 Å². The van der Waals surface area contributed by atoms with Gasteiger partial charge in [0.25, 0.3) is 5.91 Å². The molecule has 2 aromatic heterocycles. The van der Waals surface area contributed by atoms with Gasteiger partial charge < -0.3 is 4.90 Å². The summed E-state index contributed by atoms with van der Waals surface area (Å²) in [5, 5.41) is 0. The predicted octanol–water partition coefficient (Wildman–Crippen LogP) is 1.59. The Labute approximate surface area is 123 Å². The number of aromatic nitrogens is 4. The maximum atomic E-state index is 12.5. The van der Waals surface area contributed by atoms with E-state index in [2.05, 4.69) is 19.9 Å². The normalized spacial score (nSPS) is 18.5. The van der Waals surface area contributed by atoms with Crippen molar-refractivity contribution in [1.29, 1.82) is 0 Å². The Kier molecular flexibility index (Phi) is 3.85. The third-order valence-corrected chi connectivity index (χ3v) is 3.71. The molecular weight excluding hydrogens is 266 g/mol. The van der Waals surface area contributed by atoms with Crippen LogP contribution in [0.25, 0.3) is 0 Å². The van der Waals surface area contributed by atoms with Gasteiger partial charge in [-0.2, -0.15) is 0 Å². The first kappa shape index (κ1) is 13.6. The van der Waals surface area contributed by atoms with Crippen LogP contribution in [0.3, 0.4) is 0 Å². The molecule has 1 atom stereocenters. The predicted molar refractivity (Wildman–Crippen MR) is 76.7 cm³/mol. The molecule has 6 heteroatoms. The minimum Gasteiger partial charge on any atom is -0.337 e. The summed E-state index contributed by atoms with van der Waals surface area (Å²) in [6, 6.07) is 0.